The van der Waals surface area contributed by atoms with E-state index in [1.54, 1.807) is 12.5 Å². The SMILES string of the molecule is NCCc1ccc(C(=O)NCCn2ccnc2)cc1. The van der Waals surface area contributed by atoms with Crippen molar-refractivity contribution in [3.8, 4) is 0 Å². The molecule has 0 radical (unpaired) electrons. The molecule has 1 heterocycles. The first kappa shape index (κ1) is 13.3. The molecule has 0 saturated carbocycles. The van der Waals surface area contributed by atoms with Crippen LogP contribution in [0.25, 0.3) is 0 Å². The second kappa shape index (κ2) is 6.70. The van der Waals surface area contributed by atoms with Gasteiger partial charge >= 0.3 is 0 Å². The van der Waals surface area contributed by atoms with Crippen LogP contribution < -0.4 is 11.1 Å². The molecule has 2 rings (SSSR count). The topological polar surface area (TPSA) is 72.9 Å². The summed E-state index contributed by atoms with van der Waals surface area (Å²) in [5.41, 5.74) is 7.31. The number of rotatable bonds is 6. The van der Waals surface area contributed by atoms with Crippen LogP contribution in [0.4, 0.5) is 0 Å². The van der Waals surface area contributed by atoms with Gasteiger partial charge in [0.2, 0.25) is 0 Å². The maximum Gasteiger partial charge on any atom is 0.251 e. The molecule has 0 aliphatic carbocycles. The summed E-state index contributed by atoms with van der Waals surface area (Å²) in [7, 11) is 0. The summed E-state index contributed by atoms with van der Waals surface area (Å²) in [5, 5.41) is 2.88. The second-order valence-corrected chi connectivity index (χ2v) is 4.29. The number of aromatic nitrogens is 2. The number of hydrogen-bond acceptors (Lipinski definition) is 3. The molecule has 0 aliphatic rings. The standard InChI is InChI=1S/C14H18N4O/c15-6-5-12-1-3-13(4-2-12)14(19)17-8-10-18-9-7-16-11-18/h1-4,7,9,11H,5-6,8,10,15H2,(H,17,19). The Labute approximate surface area is 112 Å². The zero-order chi connectivity index (χ0) is 13.5. The number of nitrogens with zero attached hydrogens (tertiary/aromatic N) is 2. The van der Waals surface area contributed by atoms with Crippen molar-refractivity contribution in [2.75, 3.05) is 13.1 Å². The zero-order valence-electron chi connectivity index (χ0n) is 10.7. The number of nitrogens with two attached hydrogens (primary N) is 1. The predicted molar refractivity (Wildman–Crippen MR) is 73.8 cm³/mol. The normalized spacial score (nSPS) is 10.4. The number of hydrogen-bond donors (Lipinski definition) is 2. The number of imidazole rings is 1. The van der Waals surface area contributed by atoms with Crippen molar-refractivity contribution in [1.82, 2.24) is 14.9 Å². The Morgan fingerprint density at radius 2 is 2.11 bits per heavy atom. The van der Waals surface area contributed by atoms with E-state index < -0.39 is 0 Å². The van der Waals surface area contributed by atoms with Crippen LogP contribution in [0.3, 0.4) is 0 Å². The molecule has 0 saturated heterocycles. The van der Waals surface area contributed by atoms with Crippen LogP contribution in [-0.2, 0) is 13.0 Å². The lowest BCUT2D eigenvalue weighted by Crippen LogP contribution is -2.26. The van der Waals surface area contributed by atoms with E-state index in [-0.39, 0.29) is 5.91 Å². The number of carbonyl (C=O) groups excluding carboxylic acids is 1. The summed E-state index contributed by atoms with van der Waals surface area (Å²) in [6.45, 7) is 1.92. The van der Waals surface area contributed by atoms with Gasteiger partial charge in [-0.05, 0) is 30.7 Å². The van der Waals surface area contributed by atoms with E-state index in [1.165, 1.54) is 0 Å². The maximum absolute atomic E-state index is 11.9. The van der Waals surface area contributed by atoms with Crippen molar-refractivity contribution in [3.05, 3.63) is 54.1 Å². The summed E-state index contributed by atoms with van der Waals surface area (Å²) in [4.78, 5) is 15.8. The molecule has 1 aromatic carbocycles. The quantitative estimate of drug-likeness (QED) is 0.805. The van der Waals surface area contributed by atoms with Crippen LogP contribution in [-0.4, -0.2) is 28.5 Å². The van der Waals surface area contributed by atoms with E-state index in [4.69, 9.17) is 5.73 Å². The van der Waals surface area contributed by atoms with E-state index in [9.17, 15) is 4.79 Å². The molecule has 1 amide bonds. The number of benzene rings is 1. The summed E-state index contributed by atoms with van der Waals surface area (Å²) in [6.07, 6.45) is 6.15. The van der Waals surface area contributed by atoms with E-state index in [0.717, 1.165) is 18.5 Å². The lowest BCUT2D eigenvalue weighted by atomic mass is 10.1. The highest BCUT2D eigenvalue weighted by atomic mass is 16.1. The predicted octanol–water partition coefficient (Wildman–Crippen LogP) is 0.814. The van der Waals surface area contributed by atoms with E-state index in [2.05, 4.69) is 10.3 Å². The zero-order valence-corrected chi connectivity index (χ0v) is 10.7. The molecular weight excluding hydrogens is 240 g/mol. The first-order chi connectivity index (χ1) is 9.29. The van der Waals surface area contributed by atoms with Gasteiger partial charge in [0.15, 0.2) is 0 Å². The lowest BCUT2D eigenvalue weighted by Gasteiger charge is -2.06. The molecule has 0 unspecified atom stereocenters. The van der Waals surface area contributed by atoms with Crippen LogP contribution in [0.5, 0.6) is 0 Å². The Bertz CT molecular complexity index is 505. The monoisotopic (exact) mass is 258 g/mol. The summed E-state index contributed by atoms with van der Waals surface area (Å²) in [6, 6.07) is 7.55. The van der Waals surface area contributed by atoms with Gasteiger partial charge in [0.25, 0.3) is 5.91 Å². The molecule has 100 valence electrons. The molecule has 2 aromatic rings. The summed E-state index contributed by atoms with van der Waals surface area (Å²) >= 11 is 0. The van der Waals surface area contributed by atoms with Gasteiger partial charge in [0, 0.05) is 31.0 Å². The fraction of sp³-hybridized carbons (Fsp3) is 0.286. The largest absolute Gasteiger partial charge is 0.350 e. The molecule has 3 N–H and O–H groups in total. The molecule has 0 bridgehead atoms. The van der Waals surface area contributed by atoms with Gasteiger partial charge in [0.1, 0.15) is 0 Å². The fourth-order valence-corrected chi connectivity index (χ4v) is 1.81. The van der Waals surface area contributed by atoms with Crippen molar-refractivity contribution in [2.24, 2.45) is 5.73 Å². The van der Waals surface area contributed by atoms with Crippen LogP contribution in [0, 0.1) is 0 Å². The molecule has 0 spiro atoms. The van der Waals surface area contributed by atoms with Gasteiger partial charge in [-0.2, -0.15) is 0 Å². The molecule has 0 aliphatic heterocycles. The van der Waals surface area contributed by atoms with Gasteiger partial charge in [-0.15, -0.1) is 0 Å². The Kier molecular flexibility index (Phi) is 4.69. The molecule has 0 fully saturated rings. The van der Waals surface area contributed by atoms with Crippen LogP contribution in [0.2, 0.25) is 0 Å². The van der Waals surface area contributed by atoms with Gasteiger partial charge in [-0.3, -0.25) is 4.79 Å². The lowest BCUT2D eigenvalue weighted by molar-refractivity contribution is 0.0952. The van der Waals surface area contributed by atoms with Crippen LogP contribution in [0.1, 0.15) is 15.9 Å². The van der Waals surface area contributed by atoms with Crippen molar-refractivity contribution < 1.29 is 4.79 Å². The molecule has 5 heteroatoms. The van der Waals surface area contributed by atoms with Crippen LogP contribution >= 0.6 is 0 Å². The fourth-order valence-electron chi connectivity index (χ4n) is 1.81. The smallest absolute Gasteiger partial charge is 0.251 e. The molecule has 0 atom stereocenters. The number of amides is 1. The average Bonchev–Trinajstić information content (AvgIpc) is 2.93. The number of nitrogens with one attached hydrogen (secondary N) is 1. The van der Waals surface area contributed by atoms with Crippen molar-refractivity contribution in [3.63, 3.8) is 0 Å². The maximum atomic E-state index is 11.9. The van der Waals surface area contributed by atoms with E-state index >= 15 is 0 Å². The highest BCUT2D eigenvalue weighted by Gasteiger charge is 2.04. The molecular formula is C14H18N4O. The Morgan fingerprint density at radius 1 is 1.32 bits per heavy atom. The van der Waals surface area contributed by atoms with Crippen molar-refractivity contribution >= 4 is 5.91 Å². The average molecular weight is 258 g/mol. The Morgan fingerprint density at radius 3 is 2.74 bits per heavy atom. The van der Waals surface area contributed by atoms with Gasteiger partial charge < -0.3 is 15.6 Å². The minimum absolute atomic E-state index is 0.0561. The number of carbonyl (C=O) groups is 1. The minimum Gasteiger partial charge on any atom is -0.350 e. The molecule has 5 nitrogen and oxygen atoms in total. The first-order valence-electron chi connectivity index (χ1n) is 6.32. The van der Waals surface area contributed by atoms with Crippen molar-refractivity contribution in [1.29, 1.82) is 0 Å². The van der Waals surface area contributed by atoms with E-state index in [1.807, 2.05) is 35.0 Å². The summed E-state index contributed by atoms with van der Waals surface area (Å²) in [5.74, 6) is -0.0561. The van der Waals surface area contributed by atoms with Gasteiger partial charge in [0.05, 0.1) is 6.33 Å². The first-order valence-corrected chi connectivity index (χ1v) is 6.32. The third-order valence-electron chi connectivity index (χ3n) is 2.86. The van der Waals surface area contributed by atoms with Crippen LogP contribution in [0.15, 0.2) is 43.0 Å². The third kappa shape index (κ3) is 3.93. The highest BCUT2D eigenvalue weighted by molar-refractivity contribution is 5.94. The molecule has 19 heavy (non-hydrogen) atoms. The highest BCUT2D eigenvalue weighted by Crippen LogP contribution is 2.04. The van der Waals surface area contributed by atoms with Gasteiger partial charge in [-0.1, -0.05) is 12.1 Å². The minimum atomic E-state index is -0.0561. The third-order valence-corrected chi connectivity index (χ3v) is 2.86. The second-order valence-electron chi connectivity index (χ2n) is 4.29. The van der Waals surface area contributed by atoms with Gasteiger partial charge in [-0.25, -0.2) is 4.98 Å². The molecule has 1 aromatic heterocycles. The summed E-state index contributed by atoms with van der Waals surface area (Å²) < 4.78 is 1.92. The van der Waals surface area contributed by atoms with E-state index in [0.29, 0.717) is 18.7 Å². The Hall–Kier alpha value is -2.14. The van der Waals surface area contributed by atoms with Crippen molar-refractivity contribution in [2.45, 2.75) is 13.0 Å². The Balaban J connectivity index is 1.82.